The molecule has 52 valence electrons. The highest BCUT2D eigenvalue weighted by Crippen LogP contribution is 2.26. The zero-order valence-corrected chi connectivity index (χ0v) is 6.59. The van der Waals surface area contributed by atoms with Gasteiger partial charge in [0.1, 0.15) is 0 Å². The van der Waals surface area contributed by atoms with Crippen LogP contribution in [-0.2, 0) is 0 Å². The lowest BCUT2D eigenvalue weighted by atomic mass is 9.82. The highest BCUT2D eigenvalue weighted by atomic mass is 14.2. The number of hydrogen-bond acceptors (Lipinski definition) is 0. The molecular weight excluding hydrogens is 108 g/mol. The summed E-state index contributed by atoms with van der Waals surface area (Å²) in [6.45, 7) is 6.93. The third-order valence-electron chi connectivity index (χ3n) is 2.38. The Balaban J connectivity index is 2.54. The second-order valence-corrected chi connectivity index (χ2v) is 3.43. The van der Waals surface area contributed by atoms with Gasteiger partial charge in [0.05, 0.1) is 0 Å². The largest absolute Gasteiger partial charge is 0.0854 e. The summed E-state index contributed by atoms with van der Waals surface area (Å²) in [5, 5.41) is 0. The molecule has 0 heterocycles. The Morgan fingerprint density at radius 1 is 1.11 bits per heavy atom. The monoisotopic (exact) mass is 124 g/mol. The average Bonchev–Trinajstić information content (AvgIpc) is 1.80. The fourth-order valence-electron chi connectivity index (χ4n) is 1.43. The first-order valence-corrected chi connectivity index (χ1v) is 3.88. The molecule has 0 fully saturated rings. The van der Waals surface area contributed by atoms with Crippen LogP contribution in [-0.4, -0.2) is 0 Å². The topological polar surface area (TPSA) is 0 Å². The van der Waals surface area contributed by atoms with Crippen molar-refractivity contribution < 1.29 is 0 Å². The lowest BCUT2D eigenvalue weighted by molar-refractivity contribution is 0.364. The standard InChI is InChI=1S/C9H16/c1-7-4-5-8(2)9(3)6-7/h4-5,7-9H,6H2,1-3H3/t7-,8+,9+/m0/s1. The summed E-state index contributed by atoms with van der Waals surface area (Å²) >= 11 is 0. The number of hydrogen-bond donors (Lipinski definition) is 0. The smallest absolute Gasteiger partial charge is 0.0236 e. The fourth-order valence-corrected chi connectivity index (χ4v) is 1.43. The molecule has 0 amide bonds. The van der Waals surface area contributed by atoms with Crippen LogP contribution in [0.5, 0.6) is 0 Å². The molecule has 0 unspecified atom stereocenters. The van der Waals surface area contributed by atoms with E-state index in [1.54, 1.807) is 0 Å². The van der Waals surface area contributed by atoms with Gasteiger partial charge in [-0.15, -0.1) is 0 Å². The second kappa shape index (κ2) is 2.55. The van der Waals surface area contributed by atoms with Crippen molar-refractivity contribution >= 4 is 0 Å². The predicted octanol–water partition coefficient (Wildman–Crippen LogP) is 2.85. The molecule has 0 heteroatoms. The van der Waals surface area contributed by atoms with Crippen molar-refractivity contribution in [3.05, 3.63) is 12.2 Å². The van der Waals surface area contributed by atoms with Crippen LogP contribution in [0.2, 0.25) is 0 Å². The van der Waals surface area contributed by atoms with Crippen molar-refractivity contribution in [2.75, 3.05) is 0 Å². The minimum Gasteiger partial charge on any atom is -0.0854 e. The van der Waals surface area contributed by atoms with Gasteiger partial charge in [-0.05, 0) is 24.2 Å². The summed E-state index contributed by atoms with van der Waals surface area (Å²) in [5.41, 5.74) is 0. The van der Waals surface area contributed by atoms with E-state index in [2.05, 4.69) is 32.9 Å². The molecule has 1 aliphatic rings. The van der Waals surface area contributed by atoms with Crippen LogP contribution in [0.15, 0.2) is 12.2 Å². The van der Waals surface area contributed by atoms with Crippen molar-refractivity contribution in [1.29, 1.82) is 0 Å². The van der Waals surface area contributed by atoms with Crippen LogP contribution in [0, 0.1) is 17.8 Å². The van der Waals surface area contributed by atoms with E-state index in [1.165, 1.54) is 6.42 Å². The maximum absolute atomic E-state index is 2.35. The summed E-state index contributed by atoms with van der Waals surface area (Å²) in [6.07, 6.45) is 6.06. The molecule has 0 aromatic heterocycles. The Kier molecular flexibility index (Phi) is 1.94. The molecular formula is C9H16. The first-order chi connectivity index (χ1) is 4.20. The van der Waals surface area contributed by atoms with Gasteiger partial charge in [-0.25, -0.2) is 0 Å². The molecule has 0 saturated carbocycles. The van der Waals surface area contributed by atoms with E-state index >= 15 is 0 Å². The lowest BCUT2D eigenvalue weighted by Crippen LogP contribution is -2.13. The summed E-state index contributed by atoms with van der Waals surface area (Å²) in [4.78, 5) is 0. The quantitative estimate of drug-likeness (QED) is 0.435. The fraction of sp³-hybridized carbons (Fsp3) is 0.778. The van der Waals surface area contributed by atoms with E-state index in [9.17, 15) is 0 Å². The number of allylic oxidation sites excluding steroid dienone is 2. The van der Waals surface area contributed by atoms with Gasteiger partial charge < -0.3 is 0 Å². The van der Waals surface area contributed by atoms with E-state index in [-0.39, 0.29) is 0 Å². The van der Waals surface area contributed by atoms with Crippen LogP contribution < -0.4 is 0 Å². The highest BCUT2D eigenvalue weighted by Gasteiger charge is 2.15. The first kappa shape index (κ1) is 6.85. The summed E-state index contributed by atoms with van der Waals surface area (Å²) < 4.78 is 0. The molecule has 9 heavy (non-hydrogen) atoms. The molecule has 1 rings (SSSR count). The normalized spacial score (nSPS) is 43.2. The van der Waals surface area contributed by atoms with E-state index in [0.29, 0.717) is 0 Å². The zero-order chi connectivity index (χ0) is 6.85. The van der Waals surface area contributed by atoms with E-state index < -0.39 is 0 Å². The molecule has 0 nitrogen and oxygen atoms in total. The highest BCUT2D eigenvalue weighted by molar-refractivity contribution is 4.97. The molecule has 0 saturated heterocycles. The molecule has 0 aromatic rings. The maximum atomic E-state index is 2.35. The second-order valence-electron chi connectivity index (χ2n) is 3.43. The van der Waals surface area contributed by atoms with Gasteiger partial charge in [0.25, 0.3) is 0 Å². The molecule has 0 spiro atoms. The lowest BCUT2D eigenvalue weighted by Gasteiger charge is -2.24. The van der Waals surface area contributed by atoms with Crippen LogP contribution in [0.4, 0.5) is 0 Å². The summed E-state index contributed by atoms with van der Waals surface area (Å²) in [7, 11) is 0. The van der Waals surface area contributed by atoms with Crippen LogP contribution in [0.1, 0.15) is 27.2 Å². The first-order valence-electron chi connectivity index (χ1n) is 3.88. The molecule has 0 aromatic carbocycles. The Morgan fingerprint density at radius 2 is 1.78 bits per heavy atom. The molecule has 0 N–H and O–H groups in total. The predicted molar refractivity (Wildman–Crippen MR) is 41.2 cm³/mol. The SMILES string of the molecule is C[C@@H]1C=C[C@H](C)C[C@H]1C. The van der Waals surface area contributed by atoms with E-state index in [0.717, 1.165) is 17.8 Å². The Labute approximate surface area is 58.0 Å². The van der Waals surface area contributed by atoms with Crippen molar-refractivity contribution in [1.82, 2.24) is 0 Å². The average molecular weight is 124 g/mol. The van der Waals surface area contributed by atoms with Gasteiger partial charge >= 0.3 is 0 Å². The van der Waals surface area contributed by atoms with Gasteiger partial charge in [-0.3, -0.25) is 0 Å². The molecule has 1 aliphatic carbocycles. The molecule has 0 aliphatic heterocycles. The van der Waals surface area contributed by atoms with Crippen molar-refractivity contribution in [3.8, 4) is 0 Å². The van der Waals surface area contributed by atoms with Crippen LogP contribution in [0.3, 0.4) is 0 Å². The Morgan fingerprint density at radius 3 is 2.22 bits per heavy atom. The Hall–Kier alpha value is -0.260. The maximum Gasteiger partial charge on any atom is -0.0236 e. The summed E-state index contributed by atoms with van der Waals surface area (Å²) in [5.74, 6) is 2.52. The van der Waals surface area contributed by atoms with Crippen molar-refractivity contribution in [2.45, 2.75) is 27.2 Å². The van der Waals surface area contributed by atoms with Gasteiger partial charge in [-0.2, -0.15) is 0 Å². The van der Waals surface area contributed by atoms with Crippen LogP contribution >= 0.6 is 0 Å². The number of rotatable bonds is 0. The van der Waals surface area contributed by atoms with Gasteiger partial charge in [0, 0.05) is 0 Å². The van der Waals surface area contributed by atoms with Crippen LogP contribution in [0.25, 0.3) is 0 Å². The zero-order valence-electron chi connectivity index (χ0n) is 6.59. The third kappa shape index (κ3) is 1.57. The van der Waals surface area contributed by atoms with Crippen molar-refractivity contribution in [2.24, 2.45) is 17.8 Å². The molecule has 0 bridgehead atoms. The van der Waals surface area contributed by atoms with Gasteiger partial charge in [0.15, 0.2) is 0 Å². The molecule has 3 atom stereocenters. The van der Waals surface area contributed by atoms with Gasteiger partial charge in [0.2, 0.25) is 0 Å². The minimum atomic E-state index is 0.807. The van der Waals surface area contributed by atoms with Crippen molar-refractivity contribution in [3.63, 3.8) is 0 Å². The summed E-state index contributed by atoms with van der Waals surface area (Å²) in [6, 6.07) is 0. The third-order valence-corrected chi connectivity index (χ3v) is 2.38. The van der Waals surface area contributed by atoms with E-state index in [4.69, 9.17) is 0 Å². The van der Waals surface area contributed by atoms with Gasteiger partial charge in [-0.1, -0.05) is 32.9 Å². The minimum absolute atomic E-state index is 0.807. The molecule has 0 radical (unpaired) electrons. The van der Waals surface area contributed by atoms with E-state index in [1.807, 2.05) is 0 Å². The Bertz CT molecular complexity index is 113.